The van der Waals surface area contributed by atoms with Crippen LogP contribution >= 0.6 is 11.3 Å². The van der Waals surface area contributed by atoms with Crippen LogP contribution in [0.15, 0.2) is 16.8 Å². The lowest BCUT2D eigenvalue weighted by molar-refractivity contribution is 0.327. The Labute approximate surface area is 109 Å². The fourth-order valence-corrected chi connectivity index (χ4v) is 3.31. The molecular weight excluding hydrogens is 228 g/mol. The summed E-state index contributed by atoms with van der Waals surface area (Å²) in [6.45, 7) is 8.12. The van der Waals surface area contributed by atoms with Gasteiger partial charge in [0.2, 0.25) is 0 Å². The molecule has 0 amide bonds. The summed E-state index contributed by atoms with van der Waals surface area (Å²) in [5.74, 6) is 0.845. The summed E-state index contributed by atoms with van der Waals surface area (Å²) >= 11 is 1.80. The number of nitrogens with one attached hydrogen (secondary N) is 1. The molecule has 1 fully saturated rings. The number of hydrogen-bond donors (Lipinski definition) is 1. The number of nitrogens with zero attached hydrogens (tertiary/aromatic N) is 1. The molecule has 3 heteroatoms. The van der Waals surface area contributed by atoms with E-state index in [1.165, 1.54) is 38.0 Å². The molecule has 0 aliphatic carbocycles. The van der Waals surface area contributed by atoms with E-state index in [9.17, 15) is 0 Å². The molecule has 17 heavy (non-hydrogen) atoms. The fourth-order valence-electron chi connectivity index (χ4n) is 2.64. The summed E-state index contributed by atoms with van der Waals surface area (Å²) in [5, 5.41) is 8.14. The predicted octanol–water partition coefficient (Wildman–Crippen LogP) is 3.35. The van der Waals surface area contributed by atoms with Crippen LogP contribution in [-0.4, -0.2) is 25.7 Å². The Morgan fingerprint density at radius 1 is 1.41 bits per heavy atom. The first-order valence-electron chi connectivity index (χ1n) is 6.84. The Balaban J connectivity index is 1.97. The molecule has 0 aromatic carbocycles. The van der Waals surface area contributed by atoms with Crippen molar-refractivity contribution in [3.05, 3.63) is 16.8 Å². The molecular formula is C14H24N2S. The standard InChI is InChI=1S/C14H24N2S/c1-3-6-15-13-8-12(4-2)9-16(10-13)14-5-7-17-11-14/h5,7,11-13,15H,3-4,6,8-10H2,1-2H3. The third kappa shape index (κ3) is 3.46. The highest BCUT2D eigenvalue weighted by Gasteiger charge is 2.25. The lowest BCUT2D eigenvalue weighted by Gasteiger charge is -2.39. The highest BCUT2D eigenvalue weighted by Crippen LogP contribution is 2.26. The van der Waals surface area contributed by atoms with Gasteiger partial charge in [-0.15, -0.1) is 0 Å². The van der Waals surface area contributed by atoms with E-state index in [1.807, 2.05) is 0 Å². The molecule has 1 N–H and O–H groups in total. The van der Waals surface area contributed by atoms with E-state index in [2.05, 4.69) is 40.9 Å². The molecule has 1 aromatic rings. The monoisotopic (exact) mass is 252 g/mol. The maximum Gasteiger partial charge on any atom is 0.0475 e. The van der Waals surface area contributed by atoms with Crippen LogP contribution in [0, 0.1) is 5.92 Å². The molecule has 1 aromatic heterocycles. The van der Waals surface area contributed by atoms with Crippen LogP contribution in [0.2, 0.25) is 0 Å². The van der Waals surface area contributed by atoms with Gasteiger partial charge in [-0.3, -0.25) is 0 Å². The Bertz CT molecular complexity index is 310. The van der Waals surface area contributed by atoms with E-state index in [0.29, 0.717) is 6.04 Å². The lowest BCUT2D eigenvalue weighted by Crippen LogP contribution is -2.49. The van der Waals surface area contributed by atoms with Crippen molar-refractivity contribution in [2.45, 2.75) is 39.2 Å². The van der Waals surface area contributed by atoms with Crippen LogP contribution < -0.4 is 10.2 Å². The maximum atomic E-state index is 3.69. The number of anilines is 1. The van der Waals surface area contributed by atoms with Crippen molar-refractivity contribution in [2.75, 3.05) is 24.5 Å². The highest BCUT2D eigenvalue weighted by atomic mass is 32.1. The summed E-state index contributed by atoms with van der Waals surface area (Å²) in [6.07, 6.45) is 3.87. The molecule has 1 aliphatic rings. The molecule has 0 bridgehead atoms. The van der Waals surface area contributed by atoms with Gasteiger partial charge >= 0.3 is 0 Å². The van der Waals surface area contributed by atoms with Crippen LogP contribution in [0.25, 0.3) is 0 Å². The van der Waals surface area contributed by atoms with E-state index in [0.717, 1.165) is 12.5 Å². The largest absolute Gasteiger partial charge is 0.369 e. The normalized spacial score (nSPS) is 25.2. The van der Waals surface area contributed by atoms with Gasteiger partial charge in [0, 0.05) is 30.2 Å². The minimum atomic E-state index is 0.675. The van der Waals surface area contributed by atoms with Crippen molar-refractivity contribution in [1.82, 2.24) is 5.32 Å². The average molecular weight is 252 g/mol. The maximum absolute atomic E-state index is 3.69. The first kappa shape index (κ1) is 12.9. The molecule has 2 unspecified atom stereocenters. The second-order valence-corrected chi connectivity index (χ2v) is 5.83. The Hall–Kier alpha value is -0.540. The van der Waals surface area contributed by atoms with Gasteiger partial charge in [0.05, 0.1) is 0 Å². The minimum Gasteiger partial charge on any atom is -0.369 e. The van der Waals surface area contributed by atoms with Crippen LogP contribution in [0.3, 0.4) is 0 Å². The van der Waals surface area contributed by atoms with Gasteiger partial charge < -0.3 is 10.2 Å². The van der Waals surface area contributed by atoms with Crippen molar-refractivity contribution in [3.63, 3.8) is 0 Å². The molecule has 2 rings (SSSR count). The van der Waals surface area contributed by atoms with Gasteiger partial charge in [0.15, 0.2) is 0 Å². The van der Waals surface area contributed by atoms with Crippen molar-refractivity contribution in [2.24, 2.45) is 5.92 Å². The number of piperidine rings is 1. The Morgan fingerprint density at radius 3 is 2.94 bits per heavy atom. The molecule has 0 radical (unpaired) electrons. The lowest BCUT2D eigenvalue weighted by atomic mass is 9.92. The number of rotatable bonds is 5. The summed E-state index contributed by atoms with van der Waals surface area (Å²) in [6, 6.07) is 2.92. The molecule has 96 valence electrons. The second-order valence-electron chi connectivity index (χ2n) is 5.05. The first-order chi connectivity index (χ1) is 8.33. The molecule has 2 atom stereocenters. The van der Waals surface area contributed by atoms with Gasteiger partial charge in [-0.1, -0.05) is 20.3 Å². The van der Waals surface area contributed by atoms with Crippen molar-refractivity contribution in [1.29, 1.82) is 0 Å². The van der Waals surface area contributed by atoms with E-state index >= 15 is 0 Å². The van der Waals surface area contributed by atoms with E-state index in [1.54, 1.807) is 11.3 Å². The summed E-state index contributed by atoms with van der Waals surface area (Å²) in [5.41, 5.74) is 1.41. The van der Waals surface area contributed by atoms with Crippen LogP contribution in [0.1, 0.15) is 33.1 Å². The second kappa shape index (κ2) is 6.41. The predicted molar refractivity (Wildman–Crippen MR) is 77.0 cm³/mol. The van der Waals surface area contributed by atoms with Crippen molar-refractivity contribution >= 4 is 17.0 Å². The SMILES string of the molecule is CCCNC1CC(CC)CN(c2ccsc2)C1. The smallest absolute Gasteiger partial charge is 0.0475 e. The van der Waals surface area contributed by atoms with Crippen LogP contribution in [0.4, 0.5) is 5.69 Å². The van der Waals surface area contributed by atoms with Crippen molar-refractivity contribution < 1.29 is 0 Å². The zero-order chi connectivity index (χ0) is 12.1. The van der Waals surface area contributed by atoms with Crippen molar-refractivity contribution in [3.8, 4) is 0 Å². The number of hydrogen-bond acceptors (Lipinski definition) is 3. The third-order valence-electron chi connectivity index (χ3n) is 3.67. The topological polar surface area (TPSA) is 15.3 Å². The van der Waals surface area contributed by atoms with Gasteiger partial charge in [-0.25, -0.2) is 0 Å². The van der Waals surface area contributed by atoms with Gasteiger partial charge in [-0.05, 0) is 36.8 Å². The molecule has 1 saturated heterocycles. The zero-order valence-electron chi connectivity index (χ0n) is 11.0. The third-order valence-corrected chi connectivity index (χ3v) is 4.34. The molecule has 2 nitrogen and oxygen atoms in total. The summed E-state index contributed by atoms with van der Waals surface area (Å²) in [7, 11) is 0. The average Bonchev–Trinajstić information content (AvgIpc) is 2.89. The summed E-state index contributed by atoms with van der Waals surface area (Å²) in [4.78, 5) is 2.56. The fraction of sp³-hybridized carbons (Fsp3) is 0.714. The quantitative estimate of drug-likeness (QED) is 0.864. The summed E-state index contributed by atoms with van der Waals surface area (Å²) < 4.78 is 0. The van der Waals surface area contributed by atoms with Gasteiger partial charge in [0.25, 0.3) is 0 Å². The van der Waals surface area contributed by atoms with Crippen LogP contribution in [-0.2, 0) is 0 Å². The van der Waals surface area contributed by atoms with E-state index in [-0.39, 0.29) is 0 Å². The number of thiophene rings is 1. The molecule has 0 spiro atoms. The van der Waals surface area contributed by atoms with Gasteiger partial charge in [-0.2, -0.15) is 11.3 Å². The zero-order valence-corrected chi connectivity index (χ0v) is 11.8. The van der Waals surface area contributed by atoms with Gasteiger partial charge in [0.1, 0.15) is 0 Å². The Kier molecular flexibility index (Phi) is 4.86. The molecule has 2 heterocycles. The van der Waals surface area contributed by atoms with E-state index < -0.39 is 0 Å². The first-order valence-corrected chi connectivity index (χ1v) is 7.78. The van der Waals surface area contributed by atoms with Crippen LogP contribution in [0.5, 0.6) is 0 Å². The highest BCUT2D eigenvalue weighted by molar-refractivity contribution is 7.08. The molecule has 1 aliphatic heterocycles. The molecule has 0 saturated carbocycles. The Morgan fingerprint density at radius 2 is 2.29 bits per heavy atom. The van der Waals surface area contributed by atoms with E-state index in [4.69, 9.17) is 0 Å². The minimum absolute atomic E-state index is 0.675.